The van der Waals surface area contributed by atoms with Gasteiger partial charge in [0.1, 0.15) is 5.82 Å². The van der Waals surface area contributed by atoms with E-state index < -0.39 is 0 Å². The van der Waals surface area contributed by atoms with Gasteiger partial charge in [-0.2, -0.15) is 0 Å². The Balaban J connectivity index is 2.97. The van der Waals surface area contributed by atoms with Crippen molar-refractivity contribution in [2.24, 2.45) is 0 Å². The average Bonchev–Trinajstić information content (AvgIpc) is 2.28. The minimum Gasteiger partial charge on any atom is -0.345 e. The molecular formula is C14H21N3. The van der Waals surface area contributed by atoms with E-state index in [4.69, 9.17) is 6.42 Å². The number of nitrogens with one attached hydrogen (secondary N) is 1. The Morgan fingerprint density at radius 1 is 1.47 bits per heavy atom. The standard InChI is InChI=1S/C14H21N3/c1-5-7-17(8-6-2)14-10-13(11-15-4)9-12(3)16-14/h1,9-10,15H,6-8,11H2,2-4H3. The van der Waals surface area contributed by atoms with Gasteiger partial charge in [0.15, 0.2) is 0 Å². The molecule has 1 rings (SSSR count). The molecule has 3 nitrogen and oxygen atoms in total. The molecule has 0 saturated heterocycles. The van der Waals surface area contributed by atoms with E-state index in [0.717, 1.165) is 31.0 Å². The SMILES string of the molecule is C#CCN(CCC)c1cc(CNC)cc(C)n1. The number of anilines is 1. The maximum absolute atomic E-state index is 5.40. The molecule has 0 saturated carbocycles. The minimum absolute atomic E-state index is 0.614. The molecule has 1 heterocycles. The smallest absolute Gasteiger partial charge is 0.129 e. The highest BCUT2D eigenvalue weighted by atomic mass is 15.2. The number of aryl methyl sites for hydroxylation is 1. The predicted molar refractivity (Wildman–Crippen MR) is 73.1 cm³/mol. The molecule has 1 N–H and O–H groups in total. The Labute approximate surface area is 104 Å². The molecule has 0 aliphatic rings. The van der Waals surface area contributed by atoms with Crippen LogP contribution >= 0.6 is 0 Å². The lowest BCUT2D eigenvalue weighted by Gasteiger charge is -2.21. The van der Waals surface area contributed by atoms with E-state index >= 15 is 0 Å². The van der Waals surface area contributed by atoms with E-state index in [1.54, 1.807) is 0 Å². The summed E-state index contributed by atoms with van der Waals surface area (Å²) in [4.78, 5) is 6.70. The number of rotatable bonds is 6. The fourth-order valence-electron chi connectivity index (χ4n) is 1.84. The van der Waals surface area contributed by atoms with Gasteiger partial charge in [-0.05, 0) is 38.1 Å². The molecule has 0 aliphatic carbocycles. The Morgan fingerprint density at radius 2 is 2.24 bits per heavy atom. The molecule has 0 amide bonds. The maximum Gasteiger partial charge on any atom is 0.129 e. The van der Waals surface area contributed by atoms with Crippen molar-refractivity contribution in [1.29, 1.82) is 0 Å². The molecule has 0 unspecified atom stereocenters. The second-order valence-electron chi connectivity index (χ2n) is 4.13. The van der Waals surface area contributed by atoms with E-state index in [2.05, 4.69) is 40.2 Å². The first-order valence-corrected chi connectivity index (χ1v) is 6.01. The molecule has 0 atom stereocenters. The van der Waals surface area contributed by atoms with Crippen molar-refractivity contribution in [3.63, 3.8) is 0 Å². The van der Waals surface area contributed by atoms with Gasteiger partial charge in [0.2, 0.25) is 0 Å². The topological polar surface area (TPSA) is 28.2 Å². The zero-order chi connectivity index (χ0) is 12.7. The van der Waals surface area contributed by atoms with E-state index in [1.807, 2.05) is 14.0 Å². The quantitative estimate of drug-likeness (QED) is 0.759. The van der Waals surface area contributed by atoms with Crippen LogP contribution in [0.2, 0.25) is 0 Å². The van der Waals surface area contributed by atoms with Crippen LogP contribution in [0.1, 0.15) is 24.6 Å². The lowest BCUT2D eigenvalue weighted by atomic mass is 10.2. The highest BCUT2D eigenvalue weighted by molar-refractivity contribution is 5.43. The second-order valence-corrected chi connectivity index (χ2v) is 4.13. The summed E-state index contributed by atoms with van der Waals surface area (Å²) in [6.07, 6.45) is 6.47. The summed E-state index contributed by atoms with van der Waals surface area (Å²) >= 11 is 0. The van der Waals surface area contributed by atoms with Crippen LogP contribution in [0.3, 0.4) is 0 Å². The van der Waals surface area contributed by atoms with E-state index in [9.17, 15) is 0 Å². The van der Waals surface area contributed by atoms with Gasteiger partial charge in [-0.1, -0.05) is 12.8 Å². The molecule has 0 aromatic carbocycles. The Hall–Kier alpha value is -1.53. The molecule has 92 valence electrons. The number of hydrogen-bond donors (Lipinski definition) is 1. The number of pyridine rings is 1. The van der Waals surface area contributed by atoms with Crippen LogP contribution < -0.4 is 10.2 Å². The molecule has 0 bridgehead atoms. The van der Waals surface area contributed by atoms with E-state index in [0.29, 0.717) is 6.54 Å². The lowest BCUT2D eigenvalue weighted by Crippen LogP contribution is -2.25. The molecule has 0 aliphatic heterocycles. The van der Waals surface area contributed by atoms with Crippen LogP contribution in [-0.2, 0) is 6.54 Å². The van der Waals surface area contributed by atoms with Crippen molar-refractivity contribution >= 4 is 5.82 Å². The molecule has 1 aromatic rings. The van der Waals surface area contributed by atoms with Crippen molar-refractivity contribution in [3.8, 4) is 12.3 Å². The third-order valence-corrected chi connectivity index (χ3v) is 2.48. The van der Waals surface area contributed by atoms with Crippen molar-refractivity contribution in [1.82, 2.24) is 10.3 Å². The summed E-state index contributed by atoms with van der Waals surface area (Å²) in [6.45, 7) is 6.58. The third-order valence-electron chi connectivity index (χ3n) is 2.48. The van der Waals surface area contributed by atoms with Crippen molar-refractivity contribution < 1.29 is 0 Å². The van der Waals surface area contributed by atoms with Crippen LogP contribution in [-0.4, -0.2) is 25.1 Å². The summed E-state index contributed by atoms with van der Waals surface area (Å²) in [5.74, 6) is 3.67. The van der Waals surface area contributed by atoms with Crippen molar-refractivity contribution in [2.75, 3.05) is 25.0 Å². The van der Waals surface area contributed by atoms with Gasteiger partial charge < -0.3 is 10.2 Å². The Morgan fingerprint density at radius 3 is 2.82 bits per heavy atom. The first-order chi connectivity index (χ1) is 8.21. The van der Waals surface area contributed by atoms with E-state index in [-0.39, 0.29) is 0 Å². The summed E-state index contributed by atoms with van der Waals surface area (Å²) in [5.41, 5.74) is 2.28. The number of hydrogen-bond acceptors (Lipinski definition) is 3. The molecule has 0 spiro atoms. The fraction of sp³-hybridized carbons (Fsp3) is 0.500. The second kappa shape index (κ2) is 6.93. The van der Waals surface area contributed by atoms with Gasteiger partial charge in [0.05, 0.1) is 6.54 Å². The normalized spacial score (nSPS) is 10.0. The molecular weight excluding hydrogens is 210 g/mol. The first kappa shape index (κ1) is 13.5. The van der Waals surface area contributed by atoms with Gasteiger partial charge in [-0.15, -0.1) is 6.42 Å². The summed E-state index contributed by atoms with van der Waals surface area (Å²) in [7, 11) is 1.95. The predicted octanol–water partition coefficient (Wildman–Crippen LogP) is 1.96. The van der Waals surface area contributed by atoms with Gasteiger partial charge in [0.25, 0.3) is 0 Å². The van der Waals surface area contributed by atoms with E-state index in [1.165, 1.54) is 5.56 Å². The molecule has 3 heteroatoms. The Kier molecular flexibility index (Phi) is 5.51. The number of nitrogens with zero attached hydrogens (tertiary/aromatic N) is 2. The van der Waals surface area contributed by atoms with Gasteiger partial charge in [0, 0.05) is 18.8 Å². The summed E-state index contributed by atoms with van der Waals surface area (Å²) in [5, 5.41) is 3.15. The monoisotopic (exact) mass is 231 g/mol. The molecule has 1 aromatic heterocycles. The Bertz CT molecular complexity index is 393. The molecule has 0 radical (unpaired) electrons. The van der Waals surface area contributed by atoms with Crippen molar-refractivity contribution in [3.05, 3.63) is 23.4 Å². The first-order valence-electron chi connectivity index (χ1n) is 6.01. The third kappa shape index (κ3) is 4.08. The molecule has 17 heavy (non-hydrogen) atoms. The van der Waals surface area contributed by atoms with Crippen molar-refractivity contribution in [2.45, 2.75) is 26.8 Å². The lowest BCUT2D eigenvalue weighted by molar-refractivity contribution is 0.790. The minimum atomic E-state index is 0.614. The molecule has 0 fully saturated rings. The van der Waals surface area contributed by atoms with Crippen LogP contribution in [0, 0.1) is 19.3 Å². The largest absolute Gasteiger partial charge is 0.345 e. The number of aromatic nitrogens is 1. The van der Waals surface area contributed by atoms with Crippen LogP contribution in [0.4, 0.5) is 5.82 Å². The zero-order valence-corrected chi connectivity index (χ0v) is 11.0. The highest BCUT2D eigenvalue weighted by Crippen LogP contribution is 2.15. The van der Waals surface area contributed by atoms with Crippen LogP contribution in [0.15, 0.2) is 12.1 Å². The van der Waals surface area contributed by atoms with Crippen LogP contribution in [0.25, 0.3) is 0 Å². The summed E-state index contributed by atoms with van der Waals surface area (Å²) < 4.78 is 0. The highest BCUT2D eigenvalue weighted by Gasteiger charge is 2.07. The van der Waals surface area contributed by atoms with Gasteiger partial charge >= 0.3 is 0 Å². The fourth-order valence-corrected chi connectivity index (χ4v) is 1.84. The zero-order valence-electron chi connectivity index (χ0n) is 11.0. The van der Waals surface area contributed by atoms with Gasteiger partial charge in [-0.25, -0.2) is 4.98 Å². The summed E-state index contributed by atoms with van der Waals surface area (Å²) in [6, 6.07) is 4.20. The average molecular weight is 231 g/mol. The maximum atomic E-state index is 5.40. The van der Waals surface area contributed by atoms with Crippen LogP contribution in [0.5, 0.6) is 0 Å². The number of terminal acetylenes is 1. The van der Waals surface area contributed by atoms with Gasteiger partial charge in [-0.3, -0.25) is 0 Å².